The van der Waals surface area contributed by atoms with Crippen LogP contribution < -0.4 is 4.74 Å². The van der Waals surface area contributed by atoms with Crippen molar-refractivity contribution < 1.29 is 9.53 Å². The summed E-state index contributed by atoms with van der Waals surface area (Å²) in [5.74, 6) is 0.931. The Morgan fingerprint density at radius 3 is 2.76 bits per heavy atom. The molecule has 7 nitrogen and oxygen atoms in total. The lowest BCUT2D eigenvalue weighted by molar-refractivity contribution is 0.0786. The smallest absolute Gasteiger partial charge is 0.316 e. The van der Waals surface area contributed by atoms with E-state index in [1.165, 1.54) is 19.5 Å². The molecule has 1 aromatic carbocycles. The molecule has 1 aliphatic rings. The van der Waals surface area contributed by atoms with Crippen LogP contribution in [0.25, 0.3) is 11.0 Å². The largest absolute Gasteiger partial charge is 0.467 e. The summed E-state index contributed by atoms with van der Waals surface area (Å²) in [5.41, 5.74) is 2.59. The lowest BCUT2D eigenvalue weighted by atomic mass is 10.2. The molecule has 128 valence electrons. The maximum Gasteiger partial charge on any atom is 0.316 e. The fourth-order valence-corrected chi connectivity index (χ4v) is 3.48. The predicted molar refractivity (Wildman–Crippen MR) is 92.6 cm³/mol. The Morgan fingerprint density at radius 2 is 2.00 bits per heavy atom. The van der Waals surface area contributed by atoms with Crippen molar-refractivity contribution in [2.75, 3.05) is 20.2 Å². The molecule has 3 heterocycles. The molecule has 3 aromatic rings. The van der Waals surface area contributed by atoms with Crippen LogP contribution in [0.1, 0.15) is 28.6 Å². The van der Waals surface area contributed by atoms with E-state index in [0.717, 1.165) is 23.3 Å². The zero-order chi connectivity index (χ0) is 17.4. The molecular formula is C18H19N5O2. The molecule has 2 aromatic heterocycles. The van der Waals surface area contributed by atoms with Crippen molar-refractivity contribution in [1.82, 2.24) is 24.4 Å². The number of fused-ring (bicyclic) bond motifs is 1. The van der Waals surface area contributed by atoms with Gasteiger partial charge in [-0.05, 0) is 25.5 Å². The highest BCUT2D eigenvalue weighted by atomic mass is 16.5. The number of nitrogens with zero attached hydrogens (tertiary/aromatic N) is 5. The van der Waals surface area contributed by atoms with Gasteiger partial charge < -0.3 is 14.2 Å². The lowest BCUT2D eigenvalue weighted by Crippen LogP contribution is -2.29. The number of rotatable bonds is 3. The Kier molecular flexibility index (Phi) is 3.83. The van der Waals surface area contributed by atoms with Crippen LogP contribution in [0.15, 0.2) is 36.7 Å². The number of imidazole rings is 1. The molecule has 4 rings (SSSR count). The third kappa shape index (κ3) is 2.71. The Labute approximate surface area is 145 Å². The van der Waals surface area contributed by atoms with Gasteiger partial charge in [-0.25, -0.2) is 15.0 Å². The maximum absolute atomic E-state index is 12.7. The van der Waals surface area contributed by atoms with Crippen molar-refractivity contribution in [3.8, 4) is 6.01 Å². The molecule has 1 saturated heterocycles. The van der Waals surface area contributed by atoms with Crippen LogP contribution in [0, 0.1) is 6.92 Å². The highest BCUT2D eigenvalue weighted by Crippen LogP contribution is 2.28. The quantitative estimate of drug-likeness (QED) is 0.733. The highest BCUT2D eigenvalue weighted by molar-refractivity contribution is 5.93. The molecule has 0 spiro atoms. The predicted octanol–water partition coefficient (Wildman–Crippen LogP) is 2.23. The monoisotopic (exact) mass is 337 g/mol. The summed E-state index contributed by atoms with van der Waals surface area (Å²) in [6, 6.07) is 8.61. The number of benzene rings is 1. The Morgan fingerprint density at radius 1 is 1.24 bits per heavy atom. The van der Waals surface area contributed by atoms with Gasteiger partial charge in [0.1, 0.15) is 5.82 Å². The molecule has 0 N–H and O–H groups in total. The maximum atomic E-state index is 12.7. The molecule has 7 heteroatoms. The number of hydrogen-bond acceptors (Lipinski definition) is 5. The number of aryl methyl sites for hydroxylation is 1. The number of hydrogen-bond donors (Lipinski definition) is 0. The molecule has 1 atom stereocenters. The van der Waals surface area contributed by atoms with E-state index in [9.17, 15) is 4.79 Å². The summed E-state index contributed by atoms with van der Waals surface area (Å²) in [6.07, 6.45) is 3.93. The summed E-state index contributed by atoms with van der Waals surface area (Å²) >= 11 is 0. The van der Waals surface area contributed by atoms with Crippen molar-refractivity contribution in [1.29, 1.82) is 0 Å². The van der Waals surface area contributed by atoms with Gasteiger partial charge in [-0.1, -0.05) is 12.1 Å². The molecule has 0 radical (unpaired) electrons. The molecule has 0 saturated carbocycles. The third-order valence-corrected chi connectivity index (χ3v) is 4.65. The molecule has 1 aliphatic heterocycles. The van der Waals surface area contributed by atoms with Gasteiger partial charge in [-0.2, -0.15) is 0 Å². The van der Waals surface area contributed by atoms with Gasteiger partial charge in [-0.15, -0.1) is 0 Å². The molecule has 0 aliphatic carbocycles. The Bertz CT molecular complexity index is 919. The topological polar surface area (TPSA) is 73.1 Å². The minimum absolute atomic E-state index is 0.0489. The number of aromatic nitrogens is 4. The zero-order valence-corrected chi connectivity index (χ0v) is 14.2. The third-order valence-electron chi connectivity index (χ3n) is 4.65. The van der Waals surface area contributed by atoms with Gasteiger partial charge in [0.15, 0.2) is 0 Å². The molecule has 25 heavy (non-hydrogen) atoms. The number of likely N-dealkylation sites (tertiary alicyclic amines) is 1. The molecule has 1 amide bonds. The Balaban J connectivity index is 1.56. The van der Waals surface area contributed by atoms with E-state index in [0.29, 0.717) is 18.7 Å². The number of carbonyl (C=O) groups is 1. The summed E-state index contributed by atoms with van der Waals surface area (Å²) in [6.45, 7) is 3.38. The van der Waals surface area contributed by atoms with Gasteiger partial charge in [-0.3, -0.25) is 4.79 Å². The van der Waals surface area contributed by atoms with Crippen molar-refractivity contribution in [3.63, 3.8) is 0 Å². The fourth-order valence-electron chi connectivity index (χ4n) is 3.48. The molecule has 0 bridgehead atoms. The zero-order valence-electron chi connectivity index (χ0n) is 14.2. The van der Waals surface area contributed by atoms with E-state index in [1.54, 1.807) is 0 Å². The molecule has 1 unspecified atom stereocenters. The number of amides is 1. The van der Waals surface area contributed by atoms with Crippen molar-refractivity contribution in [2.24, 2.45) is 0 Å². The van der Waals surface area contributed by atoms with Crippen molar-refractivity contribution in [2.45, 2.75) is 19.4 Å². The fraction of sp³-hybridized carbons (Fsp3) is 0.333. The van der Waals surface area contributed by atoms with Crippen LogP contribution >= 0.6 is 0 Å². The van der Waals surface area contributed by atoms with E-state index >= 15 is 0 Å². The average molecular weight is 337 g/mol. The first-order valence-corrected chi connectivity index (χ1v) is 8.26. The average Bonchev–Trinajstić information content (AvgIpc) is 3.24. The van der Waals surface area contributed by atoms with Crippen LogP contribution in [0.3, 0.4) is 0 Å². The van der Waals surface area contributed by atoms with Crippen LogP contribution in [0.4, 0.5) is 0 Å². The standard InChI is InChI=1S/C18H19N5O2/c1-12-21-15-5-3-4-6-16(15)23(12)14-7-8-22(11-14)17(24)13-9-19-18(25-2)20-10-13/h3-6,9-10,14H,7-8,11H2,1-2H3. The second-order valence-corrected chi connectivity index (χ2v) is 6.17. The first kappa shape index (κ1) is 15.6. The van der Waals surface area contributed by atoms with Gasteiger partial charge in [0.05, 0.1) is 29.7 Å². The summed E-state index contributed by atoms with van der Waals surface area (Å²) in [4.78, 5) is 27.2. The van der Waals surface area contributed by atoms with E-state index in [1.807, 2.05) is 30.0 Å². The lowest BCUT2D eigenvalue weighted by Gasteiger charge is -2.18. The minimum Gasteiger partial charge on any atom is -0.467 e. The number of para-hydroxylation sites is 2. The first-order valence-electron chi connectivity index (χ1n) is 8.26. The van der Waals surface area contributed by atoms with E-state index in [-0.39, 0.29) is 18.0 Å². The van der Waals surface area contributed by atoms with E-state index in [4.69, 9.17) is 4.74 Å². The van der Waals surface area contributed by atoms with Crippen molar-refractivity contribution >= 4 is 16.9 Å². The van der Waals surface area contributed by atoms with Crippen LogP contribution in [-0.2, 0) is 0 Å². The SMILES string of the molecule is COc1ncc(C(=O)N2CCC(n3c(C)nc4ccccc43)C2)cn1. The first-order chi connectivity index (χ1) is 12.2. The molecular weight excluding hydrogens is 318 g/mol. The summed E-state index contributed by atoms with van der Waals surface area (Å²) < 4.78 is 7.18. The van der Waals surface area contributed by atoms with Gasteiger partial charge in [0.2, 0.25) is 0 Å². The van der Waals surface area contributed by atoms with E-state index < -0.39 is 0 Å². The second kappa shape index (κ2) is 6.16. The van der Waals surface area contributed by atoms with Crippen LogP contribution in [0.5, 0.6) is 6.01 Å². The molecule has 1 fully saturated rings. The van der Waals surface area contributed by atoms with Gasteiger partial charge in [0, 0.05) is 25.5 Å². The highest BCUT2D eigenvalue weighted by Gasteiger charge is 2.30. The second-order valence-electron chi connectivity index (χ2n) is 6.17. The van der Waals surface area contributed by atoms with Crippen LogP contribution in [-0.4, -0.2) is 50.5 Å². The summed E-state index contributed by atoms with van der Waals surface area (Å²) in [7, 11) is 1.50. The minimum atomic E-state index is -0.0489. The number of ether oxygens (including phenoxy) is 1. The summed E-state index contributed by atoms with van der Waals surface area (Å²) in [5, 5.41) is 0. The van der Waals surface area contributed by atoms with E-state index in [2.05, 4.69) is 25.6 Å². The van der Waals surface area contributed by atoms with Gasteiger partial charge in [0.25, 0.3) is 5.91 Å². The van der Waals surface area contributed by atoms with Crippen molar-refractivity contribution in [3.05, 3.63) is 48.0 Å². The Hall–Kier alpha value is -2.96. The number of methoxy groups -OCH3 is 1. The van der Waals surface area contributed by atoms with Gasteiger partial charge >= 0.3 is 6.01 Å². The normalized spacial score (nSPS) is 17.2. The number of carbonyl (C=O) groups excluding carboxylic acids is 1. The van der Waals surface area contributed by atoms with Crippen LogP contribution in [0.2, 0.25) is 0 Å².